The molecule has 0 aromatic heterocycles. The second-order valence-corrected chi connectivity index (χ2v) is 2.96. The number of carbonyl (C=O) groups is 2. The molecule has 0 aliphatic rings. The van der Waals surface area contributed by atoms with E-state index in [0.717, 1.165) is 0 Å². The van der Waals surface area contributed by atoms with E-state index in [1.807, 2.05) is 0 Å². The SMILES string of the molecule is [NH3+][C@@H](CCC[C@H]([NH3+])C(=O)[O-])C(=O)[O-]. The lowest BCUT2D eigenvalue weighted by atomic mass is 10.1. The fourth-order valence-corrected chi connectivity index (χ4v) is 0.846. The van der Waals surface area contributed by atoms with E-state index in [1.54, 1.807) is 0 Å². The first-order valence-electron chi connectivity index (χ1n) is 4.03. The molecule has 6 N–H and O–H groups in total. The second-order valence-electron chi connectivity index (χ2n) is 2.96. The van der Waals surface area contributed by atoms with Gasteiger partial charge in [0.25, 0.3) is 0 Å². The van der Waals surface area contributed by atoms with E-state index in [1.165, 1.54) is 0 Å². The van der Waals surface area contributed by atoms with Gasteiger partial charge in [0.1, 0.15) is 12.1 Å². The minimum absolute atomic E-state index is 0.307. The topological polar surface area (TPSA) is 136 Å². The van der Waals surface area contributed by atoms with Crippen LogP contribution in [0.5, 0.6) is 0 Å². The van der Waals surface area contributed by atoms with Gasteiger partial charge in [-0.1, -0.05) is 0 Å². The Morgan fingerprint density at radius 3 is 1.54 bits per heavy atom. The van der Waals surface area contributed by atoms with Crippen LogP contribution in [0.3, 0.4) is 0 Å². The van der Waals surface area contributed by atoms with Gasteiger partial charge in [0.15, 0.2) is 0 Å². The highest BCUT2D eigenvalue weighted by Gasteiger charge is 2.10. The summed E-state index contributed by atoms with van der Waals surface area (Å²) in [6.07, 6.45) is 1.06. The molecule has 76 valence electrons. The van der Waals surface area contributed by atoms with E-state index in [-0.39, 0.29) is 0 Å². The smallest absolute Gasteiger partial charge is 0.124 e. The maximum atomic E-state index is 10.2. The number of rotatable bonds is 6. The molecule has 0 aliphatic heterocycles. The van der Waals surface area contributed by atoms with Gasteiger partial charge in [0, 0.05) is 12.8 Å². The van der Waals surface area contributed by atoms with Gasteiger partial charge in [0.2, 0.25) is 0 Å². The van der Waals surface area contributed by atoms with Crippen LogP contribution >= 0.6 is 0 Å². The number of hydrogen-bond donors (Lipinski definition) is 2. The minimum Gasteiger partial charge on any atom is -0.544 e. The van der Waals surface area contributed by atoms with Crippen molar-refractivity contribution < 1.29 is 31.3 Å². The summed E-state index contributed by atoms with van der Waals surface area (Å²) in [5.74, 6) is -2.43. The highest BCUT2D eigenvalue weighted by atomic mass is 16.4. The summed E-state index contributed by atoms with van der Waals surface area (Å²) in [7, 11) is 0. The zero-order chi connectivity index (χ0) is 10.4. The first-order chi connectivity index (χ1) is 5.95. The van der Waals surface area contributed by atoms with E-state index in [9.17, 15) is 19.8 Å². The van der Waals surface area contributed by atoms with E-state index < -0.39 is 24.0 Å². The van der Waals surface area contributed by atoms with Crippen molar-refractivity contribution in [3.05, 3.63) is 0 Å². The summed E-state index contributed by atoms with van der Waals surface area (Å²) in [4.78, 5) is 20.4. The van der Waals surface area contributed by atoms with Crippen LogP contribution in [-0.2, 0) is 9.59 Å². The Kier molecular flexibility index (Phi) is 5.01. The average molecular weight is 190 g/mol. The van der Waals surface area contributed by atoms with Crippen molar-refractivity contribution in [1.29, 1.82) is 0 Å². The number of carbonyl (C=O) groups excluding carboxylic acids is 2. The van der Waals surface area contributed by atoms with E-state index >= 15 is 0 Å². The zero-order valence-corrected chi connectivity index (χ0v) is 7.32. The van der Waals surface area contributed by atoms with Gasteiger partial charge in [-0.25, -0.2) is 0 Å². The van der Waals surface area contributed by atoms with Crippen molar-refractivity contribution in [3.63, 3.8) is 0 Å². The molecular weight excluding hydrogens is 176 g/mol. The molecular formula is C7H14N2O4. The Bertz CT molecular complexity index is 175. The van der Waals surface area contributed by atoms with Gasteiger partial charge in [-0.3, -0.25) is 0 Å². The first-order valence-corrected chi connectivity index (χ1v) is 4.03. The quantitative estimate of drug-likeness (QED) is 0.433. The molecule has 2 atom stereocenters. The normalized spacial score (nSPS) is 14.9. The highest BCUT2D eigenvalue weighted by Crippen LogP contribution is 1.98. The summed E-state index contributed by atoms with van der Waals surface area (Å²) in [5.41, 5.74) is 6.67. The third-order valence-electron chi connectivity index (χ3n) is 1.77. The number of carboxylic acid groups (broad SMARTS) is 2. The molecule has 0 unspecified atom stereocenters. The molecule has 0 aromatic carbocycles. The van der Waals surface area contributed by atoms with Gasteiger partial charge in [0.05, 0.1) is 11.9 Å². The molecule has 0 radical (unpaired) electrons. The van der Waals surface area contributed by atoms with Crippen LogP contribution in [0.15, 0.2) is 0 Å². The van der Waals surface area contributed by atoms with Crippen molar-refractivity contribution in [2.24, 2.45) is 0 Å². The molecule has 0 fully saturated rings. The summed E-state index contributed by atoms with van der Waals surface area (Å²) >= 11 is 0. The standard InChI is InChI=1S/C7H14N2O4/c8-4(6(10)11)2-1-3-5(9)7(12)13/h4-5H,1-3,8-9H2,(H,10,11)(H,12,13)/t4-,5-/m0/s1. The monoisotopic (exact) mass is 190 g/mol. The maximum absolute atomic E-state index is 10.2. The third-order valence-corrected chi connectivity index (χ3v) is 1.77. The maximum Gasteiger partial charge on any atom is 0.124 e. The van der Waals surface area contributed by atoms with Gasteiger partial charge < -0.3 is 31.3 Å². The van der Waals surface area contributed by atoms with Crippen molar-refractivity contribution in [2.75, 3.05) is 0 Å². The van der Waals surface area contributed by atoms with Gasteiger partial charge in [-0.15, -0.1) is 0 Å². The number of quaternary nitrogens is 2. The molecule has 0 heterocycles. The van der Waals surface area contributed by atoms with E-state index in [2.05, 4.69) is 11.5 Å². The molecule has 0 bridgehead atoms. The molecule has 6 heteroatoms. The van der Waals surface area contributed by atoms with Crippen LogP contribution in [-0.4, -0.2) is 24.0 Å². The van der Waals surface area contributed by atoms with Crippen molar-refractivity contribution in [1.82, 2.24) is 0 Å². The Morgan fingerprint density at radius 1 is 1.00 bits per heavy atom. The molecule has 0 rings (SSSR count). The molecule has 0 aromatic rings. The predicted molar refractivity (Wildman–Crippen MR) is 37.2 cm³/mol. The van der Waals surface area contributed by atoms with Crippen LogP contribution in [0, 0.1) is 0 Å². The molecule has 0 amide bonds. The summed E-state index contributed by atoms with van der Waals surface area (Å²) in [6.45, 7) is 0. The van der Waals surface area contributed by atoms with Crippen LogP contribution in [0.25, 0.3) is 0 Å². The van der Waals surface area contributed by atoms with Gasteiger partial charge >= 0.3 is 0 Å². The molecule has 0 aliphatic carbocycles. The van der Waals surface area contributed by atoms with Gasteiger partial charge in [-0.2, -0.15) is 0 Å². The predicted octanol–water partition coefficient (Wildman–Crippen LogP) is -5.12. The largest absolute Gasteiger partial charge is 0.544 e. The number of aliphatic carboxylic acids is 2. The Labute approximate surface area is 75.5 Å². The Hall–Kier alpha value is -1.14. The van der Waals surface area contributed by atoms with Crippen LogP contribution in [0.1, 0.15) is 19.3 Å². The lowest BCUT2D eigenvalue weighted by Crippen LogP contribution is -2.69. The third kappa shape index (κ3) is 5.15. The molecule has 13 heavy (non-hydrogen) atoms. The lowest BCUT2D eigenvalue weighted by molar-refractivity contribution is -0.444. The summed E-state index contributed by atoms with van der Waals surface area (Å²) in [6, 6.07) is -1.57. The van der Waals surface area contributed by atoms with Crippen LogP contribution < -0.4 is 21.7 Å². The molecule has 0 saturated heterocycles. The van der Waals surface area contributed by atoms with Crippen molar-refractivity contribution >= 4 is 11.9 Å². The van der Waals surface area contributed by atoms with Crippen molar-refractivity contribution in [2.45, 2.75) is 31.3 Å². The first kappa shape index (κ1) is 11.9. The highest BCUT2D eigenvalue weighted by molar-refractivity contribution is 5.69. The van der Waals surface area contributed by atoms with Gasteiger partial charge in [-0.05, 0) is 6.42 Å². The van der Waals surface area contributed by atoms with Crippen molar-refractivity contribution in [3.8, 4) is 0 Å². The zero-order valence-electron chi connectivity index (χ0n) is 7.32. The fourth-order valence-electron chi connectivity index (χ4n) is 0.846. The molecule has 0 saturated carbocycles. The Morgan fingerprint density at radius 2 is 1.31 bits per heavy atom. The second kappa shape index (κ2) is 5.50. The summed E-state index contributed by atoms with van der Waals surface area (Å²) in [5, 5.41) is 20.4. The van der Waals surface area contributed by atoms with Crippen LogP contribution in [0.2, 0.25) is 0 Å². The number of carboxylic acids is 2. The molecule has 6 nitrogen and oxygen atoms in total. The fraction of sp³-hybridized carbons (Fsp3) is 0.714. The summed E-state index contributed by atoms with van der Waals surface area (Å²) < 4.78 is 0. The van der Waals surface area contributed by atoms with E-state index in [0.29, 0.717) is 19.3 Å². The van der Waals surface area contributed by atoms with E-state index in [4.69, 9.17) is 0 Å². The molecule has 0 spiro atoms. The minimum atomic E-state index is -1.21. The Balaban J connectivity index is 3.56. The number of hydrogen-bond acceptors (Lipinski definition) is 4. The lowest BCUT2D eigenvalue weighted by Gasteiger charge is -2.11. The van der Waals surface area contributed by atoms with Crippen LogP contribution in [0.4, 0.5) is 0 Å². The average Bonchev–Trinajstić information content (AvgIpc) is 2.03.